The molecule has 1 heterocycles. The molecule has 5 nitrogen and oxygen atoms in total. The van der Waals surface area contributed by atoms with Gasteiger partial charge in [0.15, 0.2) is 0 Å². The molecule has 1 aliphatic carbocycles. The summed E-state index contributed by atoms with van der Waals surface area (Å²) in [5, 5.41) is 3.30. The van der Waals surface area contributed by atoms with Crippen LogP contribution in [-0.4, -0.2) is 55.0 Å². The number of rotatable bonds is 3. The van der Waals surface area contributed by atoms with Crippen molar-refractivity contribution >= 4 is 6.09 Å². The summed E-state index contributed by atoms with van der Waals surface area (Å²) in [5.41, 5.74) is -0.441. The van der Waals surface area contributed by atoms with E-state index in [9.17, 15) is 4.79 Å². The minimum absolute atomic E-state index is 0.0919. The van der Waals surface area contributed by atoms with Crippen molar-refractivity contribution in [2.75, 3.05) is 26.2 Å². The summed E-state index contributed by atoms with van der Waals surface area (Å²) < 4.78 is 11.1. The first kappa shape index (κ1) is 17.2. The van der Waals surface area contributed by atoms with Crippen molar-refractivity contribution in [1.29, 1.82) is 0 Å². The maximum atomic E-state index is 12.1. The Kier molecular flexibility index (Phi) is 6.76. The lowest BCUT2D eigenvalue weighted by Crippen LogP contribution is -2.56. The van der Waals surface area contributed by atoms with Crippen molar-refractivity contribution in [3.05, 3.63) is 0 Å². The van der Waals surface area contributed by atoms with Gasteiger partial charge in [-0.15, -0.1) is 0 Å². The summed E-state index contributed by atoms with van der Waals surface area (Å²) in [4.78, 5) is 13.9. The van der Waals surface area contributed by atoms with E-state index in [-0.39, 0.29) is 12.1 Å². The normalized spacial score (nSPS) is 22.9. The van der Waals surface area contributed by atoms with Crippen LogP contribution in [0, 0.1) is 0 Å². The number of hydrogen-bond donors (Lipinski definition) is 1. The minimum atomic E-state index is -0.441. The molecule has 0 radical (unpaired) electrons. The van der Waals surface area contributed by atoms with Crippen LogP contribution in [0.2, 0.25) is 0 Å². The third-order valence-electron chi connectivity index (χ3n) is 3.03. The summed E-state index contributed by atoms with van der Waals surface area (Å²) in [7, 11) is 0. The smallest absolute Gasteiger partial charge is 0.410 e. The zero-order valence-electron chi connectivity index (χ0n) is 13.6. The Morgan fingerprint density at radius 3 is 2.50 bits per heavy atom. The van der Waals surface area contributed by atoms with Gasteiger partial charge in [-0.3, -0.25) is 0 Å². The van der Waals surface area contributed by atoms with Crippen LogP contribution >= 0.6 is 0 Å². The molecule has 2 fully saturated rings. The molecule has 1 N–H and O–H groups in total. The number of ether oxygens (including phenoxy) is 2. The first-order chi connectivity index (χ1) is 9.46. The Labute approximate surface area is 123 Å². The molecule has 20 heavy (non-hydrogen) atoms. The van der Waals surface area contributed by atoms with E-state index in [1.807, 2.05) is 34.6 Å². The zero-order chi connectivity index (χ0) is 15.2. The highest BCUT2D eigenvalue weighted by Gasteiger charge is 2.32. The summed E-state index contributed by atoms with van der Waals surface area (Å²) in [6.07, 6.45) is 2.51. The van der Waals surface area contributed by atoms with Crippen LogP contribution in [0.4, 0.5) is 4.79 Å². The minimum Gasteiger partial charge on any atom is -0.444 e. The maximum absolute atomic E-state index is 12.1. The molecule has 0 spiro atoms. The molecule has 0 aromatic heterocycles. The SMILES string of the molecule is CC.CC(C)(C)OC(=O)N1CCNCC1COC1CC1. The van der Waals surface area contributed by atoms with E-state index in [0.29, 0.717) is 19.3 Å². The lowest BCUT2D eigenvalue weighted by molar-refractivity contribution is -0.00668. The van der Waals surface area contributed by atoms with Gasteiger partial charge in [0.2, 0.25) is 0 Å². The van der Waals surface area contributed by atoms with E-state index >= 15 is 0 Å². The molecule has 0 aromatic rings. The van der Waals surface area contributed by atoms with Gasteiger partial charge < -0.3 is 19.7 Å². The van der Waals surface area contributed by atoms with Crippen LogP contribution in [0.3, 0.4) is 0 Å². The van der Waals surface area contributed by atoms with Gasteiger partial charge in [-0.1, -0.05) is 13.8 Å². The third-order valence-corrected chi connectivity index (χ3v) is 3.03. The summed E-state index contributed by atoms with van der Waals surface area (Å²) in [6.45, 7) is 12.6. The second kappa shape index (κ2) is 7.84. The number of carbonyl (C=O) groups excluding carboxylic acids is 1. The Morgan fingerprint density at radius 2 is 1.95 bits per heavy atom. The highest BCUT2D eigenvalue weighted by Crippen LogP contribution is 2.24. The van der Waals surface area contributed by atoms with E-state index in [0.717, 1.165) is 25.9 Å². The monoisotopic (exact) mass is 286 g/mol. The van der Waals surface area contributed by atoms with Gasteiger partial charge in [0.1, 0.15) is 5.60 Å². The van der Waals surface area contributed by atoms with Crippen LogP contribution in [0.15, 0.2) is 0 Å². The van der Waals surface area contributed by atoms with Gasteiger partial charge in [0, 0.05) is 19.6 Å². The predicted molar refractivity (Wildman–Crippen MR) is 79.9 cm³/mol. The fourth-order valence-corrected chi connectivity index (χ4v) is 1.95. The molecule has 1 saturated heterocycles. The van der Waals surface area contributed by atoms with Crippen molar-refractivity contribution in [2.45, 2.75) is 65.2 Å². The van der Waals surface area contributed by atoms with Crippen molar-refractivity contribution in [1.82, 2.24) is 10.2 Å². The van der Waals surface area contributed by atoms with Gasteiger partial charge in [-0.2, -0.15) is 0 Å². The topological polar surface area (TPSA) is 50.8 Å². The van der Waals surface area contributed by atoms with E-state index in [1.54, 1.807) is 4.90 Å². The van der Waals surface area contributed by atoms with E-state index in [4.69, 9.17) is 9.47 Å². The molecule has 5 heteroatoms. The highest BCUT2D eigenvalue weighted by molar-refractivity contribution is 5.68. The first-order valence-electron chi connectivity index (χ1n) is 7.77. The van der Waals surface area contributed by atoms with Crippen LogP contribution in [0.1, 0.15) is 47.5 Å². The Bertz CT molecular complexity index is 298. The molecule has 0 bridgehead atoms. The van der Waals surface area contributed by atoms with E-state index < -0.39 is 5.60 Å². The molecule has 2 rings (SSSR count). The molecular weight excluding hydrogens is 256 g/mol. The number of piperazine rings is 1. The molecule has 1 unspecified atom stereocenters. The second-order valence-electron chi connectivity index (χ2n) is 6.06. The molecule has 1 saturated carbocycles. The molecule has 1 amide bonds. The van der Waals surface area contributed by atoms with Crippen LogP contribution in [0.25, 0.3) is 0 Å². The Balaban J connectivity index is 0.000000956. The number of hydrogen-bond acceptors (Lipinski definition) is 4. The average molecular weight is 286 g/mol. The van der Waals surface area contributed by atoms with Crippen molar-refractivity contribution in [2.24, 2.45) is 0 Å². The van der Waals surface area contributed by atoms with Crippen LogP contribution in [-0.2, 0) is 9.47 Å². The maximum Gasteiger partial charge on any atom is 0.410 e. The number of nitrogens with zero attached hydrogens (tertiary/aromatic N) is 1. The molecule has 118 valence electrons. The standard InChI is InChI=1S/C13H24N2O3.C2H6/c1-13(2,3)18-12(16)15-7-6-14-8-10(15)9-17-11-4-5-11;1-2/h10-11,14H,4-9H2,1-3H3;1-2H3. The van der Waals surface area contributed by atoms with Gasteiger partial charge >= 0.3 is 6.09 Å². The third kappa shape index (κ3) is 6.09. The first-order valence-corrected chi connectivity index (χ1v) is 7.77. The number of nitrogens with one attached hydrogen (secondary N) is 1. The lowest BCUT2D eigenvalue weighted by atomic mass is 10.2. The van der Waals surface area contributed by atoms with Crippen LogP contribution in [0.5, 0.6) is 0 Å². The fraction of sp³-hybridized carbons (Fsp3) is 0.933. The van der Waals surface area contributed by atoms with Crippen LogP contribution < -0.4 is 5.32 Å². The summed E-state index contributed by atoms with van der Waals surface area (Å²) >= 11 is 0. The van der Waals surface area contributed by atoms with Crippen molar-refractivity contribution in [3.63, 3.8) is 0 Å². The lowest BCUT2D eigenvalue weighted by Gasteiger charge is -2.36. The highest BCUT2D eigenvalue weighted by atomic mass is 16.6. The van der Waals surface area contributed by atoms with Crippen molar-refractivity contribution in [3.8, 4) is 0 Å². The van der Waals surface area contributed by atoms with Gasteiger partial charge in [-0.25, -0.2) is 4.79 Å². The van der Waals surface area contributed by atoms with Gasteiger partial charge in [-0.05, 0) is 33.6 Å². The molecule has 2 aliphatic rings. The Hall–Kier alpha value is -0.810. The fourth-order valence-electron chi connectivity index (χ4n) is 1.95. The quantitative estimate of drug-likeness (QED) is 0.865. The average Bonchev–Trinajstić information content (AvgIpc) is 3.21. The Morgan fingerprint density at radius 1 is 1.30 bits per heavy atom. The molecule has 1 atom stereocenters. The van der Waals surface area contributed by atoms with Crippen molar-refractivity contribution < 1.29 is 14.3 Å². The van der Waals surface area contributed by atoms with Gasteiger partial charge in [0.05, 0.1) is 18.8 Å². The summed E-state index contributed by atoms with van der Waals surface area (Å²) in [6, 6.07) is 0.0919. The number of carbonyl (C=O) groups is 1. The van der Waals surface area contributed by atoms with E-state index in [2.05, 4.69) is 5.32 Å². The summed E-state index contributed by atoms with van der Waals surface area (Å²) in [5.74, 6) is 0. The second-order valence-corrected chi connectivity index (χ2v) is 6.06. The van der Waals surface area contributed by atoms with Gasteiger partial charge in [0.25, 0.3) is 0 Å². The largest absolute Gasteiger partial charge is 0.444 e. The van der Waals surface area contributed by atoms with E-state index in [1.165, 1.54) is 0 Å². The number of amides is 1. The molecule has 1 aliphatic heterocycles. The molecule has 0 aromatic carbocycles. The molecular formula is C15H30N2O3. The zero-order valence-corrected chi connectivity index (χ0v) is 13.6. The predicted octanol–water partition coefficient (Wildman–Crippen LogP) is 2.40.